The van der Waals surface area contributed by atoms with Gasteiger partial charge < -0.3 is 24.5 Å². The van der Waals surface area contributed by atoms with E-state index in [1.54, 1.807) is 18.7 Å². The smallest absolute Gasteiger partial charge is 0.275 e. The summed E-state index contributed by atoms with van der Waals surface area (Å²) in [5.74, 6) is 0.150. The first kappa shape index (κ1) is 17.9. The zero-order chi connectivity index (χ0) is 18.2. The van der Waals surface area contributed by atoms with Gasteiger partial charge in [-0.05, 0) is 26.2 Å². The van der Waals surface area contributed by atoms with E-state index in [9.17, 15) is 14.7 Å². The average Bonchev–Trinajstić information content (AvgIpc) is 2.98. The lowest BCUT2D eigenvalue weighted by Crippen LogP contribution is -2.63. The molecule has 1 aromatic heterocycles. The van der Waals surface area contributed by atoms with Crippen LogP contribution in [-0.4, -0.2) is 63.7 Å². The minimum atomic E-state index is -1.10. The highest BCUT2D eigenvalue weighted by molar-refractivity contribution is 5.92. The summed E-state index contributed by atoms with van der Waals surface area (Å²) in [6, 6.07) is -0.362. The Morgan fingerprint density at radius 3 is 2.64 bits per heavy atom. The molecule has 2 atom stereocenters. The largest absolute Gasteiger partial charge is 0.448 e. The predicted molar refractivity (Wildman–Crippen MR) is 87.9 cm³/mol. The third-order valence-electron chi connectivity index (χ3n) is 5.17. The van der Waals surface area contributed by atoms with Crippen LogP contribution in [0.4, 0.5) is 0 Å². The molecule has 0 radical (unpaired) electrons. The number of aromatic nitrogens is 1. The molecule has 25 heavy (non-hydrogen) atoms. The SMILES string of the molecule is CC(=O)N[C@H]1CC2(CCN(C(=O)c3coc(C)n3)CC2)OC[C@]1(C)O. The number of carbonyl (C=O) groups excluding carboxylic acids is 2. The van der Waals surface area contributed by atoms with Gasteiger partial charge in [-0.15, -0.1) is 0 Å². The first-order chi connectivity index (χ1) is 11.7. The molecule has 3 rings (SSSR count). The minimum Gasteiger partial charge on any atom is -0.448 e. The van der Waals surface area contributed by atoms with Crippen molar-refractivity contribution in [3.8, 4) is 0 Å². The van der Waals surface area contributed by atoms with E-state index in [0.717, 1.165) is 0 Å². The molecule has 0 bridgehead atoms. The Morgan fingerprint density at radius 1 is 1.40 bits per heavy atom. The fourth-order valence-electron chi connectivity index (χ4n) is 3.59. The van der Waals surface area contributed by atoms with Crippen molar-refractivity contribution in [2.75, 3.05) is 19.7 Å². The molecule has 2 saturated heterocycles. The summed E-state index contributed by atoms with van der Waals surface area (Å²) in [6.45, 7) is 6.06. The quantitative estimate of drug-likeness (QED) is 0.810. The van der Waals surface area contributed by atoms with Crippen LogP contribution in [0.2, 0.25) is 0 Å². The average molecular weight is 351 g/mol. The molecule has 1 aromatic rings. The van der Waals surface area contributed by atoms with Gasteiger partial charge in [-0.1, -0.05) is 0 Å². The molecule has 138 valence electrons. The zero-order valence-electron chi connectivity index (χ0n) is 14.9. The number of amides is 2. The van der Waals surface area contributed by atoms with Gasteiger partial charge in [-0.25, -0.2) is 4.98 Å². The Hall–Kier alpha value is -1.93. The van der Waals surface area contributed by atoms with Gasteiger partial charge in [0.05, 0.1) is 18.2 Å². The van der Waals surface area contributed by atoms with Gasteiger partial charge in [0.25, 0.3) is 5.91 Å². The van der Waals surface area contributed by atoms with Crippen LogP contribution in [0.1, 0.15) is 49.5 Å². The number of aliphatic hydroxyl groups is 1. The van der Waals surface area contributed by atoms with Gasteiger partial charge >= 0.3 is 0 Å². The van der Waals surface area contributed by atoms with E-state index in [-0.39, 0.29) is 24.5 Å². The second-order valence-electron chi connectivity index (χ2n) is 7.33. The Balaban J connectivity index is 1.64. The molecule has 0 saturated carbocycles. The molecule has 2 N–H and O–H groups in total. The van der Waals surface area contributed by atoms with Crippen molar-refractivity contribution < 1.29 is 23.8 Å². The normalized spacial score (nSPS) is 28.8. The van der Waals surface area contributed by atoms with Crippen LogP contribution in [0.3, 0.4) is 0 Å². The summed E-state index contributed by atoms with van der Waals surface area (Å²) < 4.78 is 11.1. The molecule has 2 aliphatic heterocycles. The number of nitrogens with zero attached hydrogens (tertiary/aromatic N) is 2. The first-order valence-corrected chi connectivity index (χ1v) is 8.56. The van der Waals surface area contributed by atoms with E-state index in [1.807, 2.05) is 0 Å². The molecular weight excluding hydrogens is 326 g/mol. The van der Waals surface area contributed by atoms with Crippen LogP contribution in [0.25, 0.3) is 0 Å². The number of ether oxygens (including phenoxy) is 1. The zero-order valence-corrected chi connectivity index (χ0v) is 14.9. The summed E-state index contributed by atoms with van der Waals surface area (Å²) in [5, 5.41) is 13.3. The van der Waals surface area contributed by atoms with Crippen LogP contribution in [0.5, 0.6) is 0 Å². The lowest BCUT2D eigenvalue weighted by atomic mass is 9.77. The molecule has 3 heterocycles. The van der Waals surface area contributed by atoms with Crippen molar-refractivity contribution in [2.45, 2.75) is 57.3 Å². The van der Waals surface area contributed by atoms with E-state index in [2.05, 4.69) is 10.3 Å². The fraction of sp³-hybridized carbons (Fsp3) is 0.706. The van der Waals surface area contributed by atoms with Crippen LogP contribution in [0.15, 0.2) is 10.7 Å². The molecule has 0 aromatic carbocycles. The van der Waals surface area contributed by atoms with Crippen molar-refractivity contribution >= 4 is 11.8 Å². The Labute approximate surface area is 146 Å². The lowest BCUT2D eigenvalue weighted by Gasteiger charge is -2.50. The van der Waals surface area contributed by atoms with E-state index in [0.29, 0.717) is 43.9 Å². The van der Waals surface area contributed by atoms with Gasteiger partial charge in [0, 0.05) is 26.9 Å². The number of carbonyl (C=O) groups is 2. The molecule has 0 unspecified atom stereocenters. The van der Waals surface area contributed by atoms with Crippen molar-refractivity contribution in [1.82, 2.24) is 15.2 Å². The fourth-order valence-corrected chi connectivity index (χ4v) is 3.59. The number of aryl methyl sites for hydroxylation is 1. The topological polar surface area (TPSA) is 105 Å². The van der Waals surface area contributed by atoms with E-state index in [4.69, 9.17) is 9.15 Å². The molecule has 1 spiro atoms. The third kappa shape index (κ3) is 3.69. The maximum absolute atomic E-state index is 12.5. The summed E-state index contributed by atoms with van der Waals surface area (Å²) in [5.41, 5.74) is -1.20. The van der Waals surface area contributed by atoms with E-state index < -0.39 is 11.2 Å². The second kappa shape index (κ2) is 6.42. The van der Waals surface area contributed by atoms with Crippen molar-refractivity contribution in [2.24, 2.45) is 0 Å². The number of oxazole rings is 1. The van der Waals surface area contributed by atoms with Crippen LogP contribution in [-0.2, 0) is 9.53 Å². The monoisotopic (exact) mass is 351 g/mol. The molecule has 2 amide bonds. The van der Waals surface area contributed by atoms with Gasteiger partial charge in [0.1, 0.15) is 11.9 Å². The highest BCUT2D eigenvalue weighted by Crippen LogP contribution is 2.38. The van der Waals surface area contributed by atoms with Crippen LogP contribution >= 0.6 is 0 Å². The van der Waals surface area contributed by atoms with Gasteiger partial charge in [0.15, 0.2) is 11.6 Å². The van der Waals surface area contributed by atoms with E-state index >= 15 is 0 Å². The number of nitrogens with one attached hydrogen (secondary N) is 1. The first-order valence-electron chi connectivity index (χ1n) is 8.56. The molecule has 8 heteroatoms. The van der Waals surface area contributed by atoms with Gasteiger partial charge in [-0.2, -0.15) is 0 Å². The Kier molecular flexibility index (Phi) is 4.59. The molecule has 8 nitrogen and oxygen atoms in total. The molecule has 2 fully saturated rings. The Morgan fingerprint density at radius 2 is 2.08 bits per heavy atom. The summed E-state index contributed by atoms with van der Waals surface area (Å²) in [4.78, 5) is 29.7. The summed E-state index contributed by atoms with van der Waals surface area (Å²) >= 11 is 0. The standard InChI is InChI=1S/C17H25N3O5/c1-11(21)18-14-8-17(25-10-16(14,3)23)4-6-20(7-5-17)15(22)13-9-24-12(2)19-13/h9,14,23H,4-8,10H2,1-3H3,(H,18,21)/t14-,16-/m0/s1. The third-order valence-corrected chi connectivity index (χ3v) is 5.17. The highest BCUT2D eigenvalue weighted by atomic mass is 16.5. The number of piperidine rings is 1. The lowest BCUT2D eigenvalue weighted by molar-refractivity contribution is -0.191. The molecular formula is C17H25N3O5. The van der Waals surface area contributed by atoms with Crippen molar-refractivity contribution in [3.63, 3.8) is 0 Å². The van der Waals surface area contributed by atoms with Crippen LogP contribution in [0, 0.1) is 6.92 Å². The maximum Gasteiger partial charge on any atom is 0.275 e. The summed E-state index contributed by atoms with van der Waals surface area (Å²) in [7, 11) is 0. The molecule has 0 aliphatic carbocycles. The highest BCUT2D eigenvalue weighted by Gasteiger charge is 2.49. The van der Waals surface area contributed by atoms with Gasteiger partial charge in [-0.3, -0.25) is 9.59 Å². The minimum absolute atomic E-state index is 0.145. The number of hydrogen-bond acceptors (Lipinski definition) is 6. The molecule has 2 aliphatic rings. The number of likely N-dealkylation sites (tertiary alicyclic amines) is 1. The summed E-state index contributed by atoms with van der Waals surface area (Å²) in [6.07, 6.45) is 3.22. The second-order valence-corrected chi connectivity index (χ2v) is 7.33. The van der Waals surface area contributed by atoms with E-state index in [1.165, 1.54) is 13.2 Å². The Bertz CT molecular complexity index is 661. The van der Waals surface area contributed by atoms with Gasteiger partial charge in [0.2, 0.25) is 5.91 Å². The van der Waals surface area contributed by atoms with Crippen LogP contribution < -0.4 is 5.32 Å². The number of rotatable bonds is 2. The van der Waals surface area contributed by atoms with Crippen molar-refractivity contribution in [3.05, 3.63) is 17.8 Å². The van der Waals surface area contributed by atoms with Crippen molar-refractivity contribution in [1.29, 1.82) is 0 Å². The predicted octanol–water partition coefficient (Wildman–Crippen LogP) is 0.634. The number of hydrogen-bond donors (Lipinski definition) is 2. The maximum atomic E-state index is 12.5.